The molecule has 0 saturated heterocycles. The molecule has 4 heteroatoms. The second kappa shape index (κ2) is 6.94. The van der Waals surface area contributed by atoms with Crippen LogP contribution in [0.15, 0.2) is 24.3 Å². The molecule has 0 aromatic heterocycles. The van der Waals surface area contributed by atoms with Gasteiger partial charge >= 0.3 is 6.18 Å². The van der Waals surface area contributed by atoms with Gasteiger partial charge in [-0.2, -0.15) is 13.2 Å². The molecule has 0 aliphatic heterocycles. The molecule has 1 rings (SSSR count). The summed E-state index contributed by atoms with van der Waals surface area (Å²) in [4.78, 5) is 0. The van der Waals surface area contributed by atoms with Crippen LogP contribution in [0.3, 0.4) is 0 Å². The highest BCUT2D eigenvalue weighted by molar-refractivity contribution is 5.25. The summed E-state index contributed by atoms with van der Waals surface area (Å²) >= 11 is 0. The molecule has 0 aliphatic carbocycles. The lowest BCUT2D eigenvalue weighted by Crippen LogP contribution is -2.32. The van der Waals surface area contributed by atoms with Gasteiger partial charge in [-0.05, 0) is 43.0 Å². The molecule has 0 fully saturated rings. The zero-order chi connectivity index (χ0) is 14.5. The maximum absolute atomic E-state index is 12.5. The van der Waals surface area contributed by atoms with Crippen LogP contribution >= 0.6 is 0 Å². The Labute approximate surface area is 113 Å². The largest absolute Gasteiger partial charge is 0.416 e. The van der Waals surface area contributed by atoms with E-state index in [-0.39, 0.29) is 0 Å². The van der Waals surface area contributed by atoms with Crippen molar-refractivity contribution >= 4 is 0 Å². The highest BCUT2D eigenvalue weighted by atomic mass is 19.4. The number of likely N-dealkylation sites (N-methyl/N-ethyl adjacent to an activating group) is 1. The molecule has 108 valence electrons. The summed E-state index contributed by atoms with van der Waals surface area (Å²) in [7, 11) is 0. The third kappa shape index (κ3) is 5.64. The zero-order valence-electron chi connectivity index (χ0n) is 11.7. The molecule has 1 aromatic rings. The Morgan fingerprint density at radius 2 is 1.68 bits per heavy atom. The monoisotopic (exact) mass is 273 g/mol. The van der Waals surface area contributed by atoms with Crippen molar-refractivity contribution in [3.05, 3.63) is 35.4 Å². The minimum atomic E-state index is -4.25. The summed E-state index contributed by atoms with van der Waals surface area (Å²) in [5, 5.41) is 3.39. The topological polar surface area (TPSA) is 12.0 Å². The predicted molar refractivity (Wildman–Crippen MR) is 72.1 cm³/mol. The van der Waals surface area contributed by atoms with Crippen LogP contribution in [-0.4, -0.2) is 12.6 Å². The quantitative estimate of drug-likeness (QED) is 0.816. The van der Waals surface area contributed by atoms with Crippen molar-refractivity contribution in [3.63, 3.8) is 0 Å². The molecule has 0 heterocycles. The zero-order valence-corrected chi connectivity index (χ0v) is 11.7. The second-order valence-corrected chi connectivity index (χ2v) is 5.28. The fraction of sp³-hybridized carbons (Fsp3) is 0.600. The van der Waals surface area contributed by atoms with Crippen LogP contribution in [-0.2, 0) is 12.6 Å². The van der Waals surface area contributed by atoms with Crippen LogP contribution < -0.4 is 5.32 Å². The van der Waals surface area contributed by atoms with Gasteiger partial charge in [0, 0.05) is 6.04 Å². The van der Waals surface area contributed by atoms with Gasteiger partial charge in [0.2, 0.25) is 0 Å². The highest BCUT2D eigenvalue weighted by Crippen LogP contribution is 2.29. The summed E-state index contributed by atoms with van der Waals surface area (Å²) in [5.74, 6) is 0.568. The number of benzene rings is 1. The molecule has 0 bridgehead atoms. The van der Waals surface area contributed by atoms with Crippen LogP contribution in [0.2, 0.25) is 0 Å². The standard InChI is InChI=1S/C15H22F3N/c1-4-19-14(9-11(2)3)10-12-5-7-13(8-6-12)15(16,17)18/h5-8,11,14,19H,4,9-10H2,1-3H3. The van der Waals surface area contributed by atoms with Gasteiger partial charge in [0.05, 0.1) is 5.56 Å². The Morgan fingerprint density at radius 1 is 1.11 bits per heavy atom. The van der Waals surface area contributed by atoms with Crippen molar-refractivity contribution in [2.24, 2.45) is 5.92 Å². The molecular weight excluding hydrogens is 251 g/mol. The lowest BCUT2D eigenvalue weighted by atomic mass is 9.96. The Morgan fingerprint density at radius 3 is 2.11 bits per heavy atom. The molecule has 0 radical (unpaired) electrons. The third-order valence-corrected chi connectivity index (χ3v) is 3.01. The van der Waals surface area contributed by atoms with Crippen LogP contribution in [0.1, 0.15) is 38.3 Å². The van der Waals surface area contributed by atoms with E-state index in [9.17, 15) is 13.2 Å². The first-order valence-electron chi connectivity index (χ1n) is 6.72. The Balaban J connectivity index is 2.69. The molecule has 1 atom stereocenters. The van der Waals surface area contributed by atoms with Gasteiger partial charge in [0.25, 0.3) is 0 Å². The molecule has 1 N–H and O–H groups in total. The average molecular weight is 273 g/mol. The highest BCUT2D eigenvalue weighted by Gasteiger charge is 2.29. The molecule has 0 aliphatic rings. The average Bonchev–Trinajstić information content (AvgIpc) is 2.28. The predicted octanol–water partition coefficient (Wildman–Crippen LogP) is 4.27. The van der Waals surface area contributed by atoms with Crippen molar-refractivity contribution in [2.45, 2.75) is 45.8 Å². The van der Waals surface area contributed by atoms with Crippen LogP contribution in [0, 0.1) is 5.92 Å². The fourth-order valence-corrected chi connectivity index (χ4v) is 2.21. The van der Waals surface area contributed by atoms with E-state index in [0.717, 1.165) is 37.1 Å². The Bertz CT molecular complexity index is 368. The lowest BCUT2D eigenvalue weighted by Gasteiger charge is -2.20. The second-order valence-electron chi connectivity index (χ2n) is 5.28. The molecule has 0 spiro atoms. The molecule has 1 unspecified atom stereocenters. The van der Waals surface area contributed by atoms with Gasteiger partial charge in [0.15, 0.2) is 0 Å². The summed E-state index contributed by atoms with van der Waals surface area (Å²) in [6, 6.07) is 5.80. The molecule has 0 amide bonds. The van der Waals surface area contributed by atoms with Crippen LogP contribution in [0.25, 0.3) is 0 Å². The van der Waals surface area contributed by atoms with Gasteiger partial charge in [0.1, 0.15) is 0 Å². The van der Waals surface area contributed by atoms with E-state index in [1.54, 1.807) is 12.1 Å². The van der Waals surface area contributed by atoms with Crippen molar-refractivity contribution in [2.75, 3.05) is 6.54 Å². The van der Waals surface area contributed by atoms with Crippen molar-refractivity contribution < 1.29 is 13.2 Å². The van der Waals surface area contributed by atoms with E-state index in [1.165, 1.54) is 0 Å². The molecule has 1 nitrogen and oxygen atoms in total. The van der Waals surface area contributed by atoms with Crippen LogP contribution in [0.5, 0.6) is 0 Å². The maximum Gasteiger partial charge on any atom is 0.416 e. The number of rotatable bonds is 6. The Hall–Kier alpha value is -1.03. The number of hydrogen-bond acceptors (Lipinski definition) is 1. The Kier molecular flexibility index (Phi) is 5.85. The van der Waals surface area contributed by atoms with Crippen LogP contribution in [0.4, 0.5) is 13.2 Å². The van der Waals surface area contributed by atoms with E-state index in [4.69, 9.17) is 0 Å². The van der Waals surface area contributed by atoms with Crippen molar-refractivity contribution in [3.8, 4) is 0 Å². The minimum Gasteiger partial charge on any atom is -0.314 e. The molecule has 19 heavy (non-hydrogen) atoms. The van der Waals surface area contributed by atoms with Crippen molar-refractivity contribution in [1.82, 2.24) is 5.32 Å². The molecule has 0 saturated carbocycles. The normalized spacial score (nSPS) is 13.8. The van der Waals surface area contributed by atoms with Gasteiger partial charge in [-0.1, -0.05) is 32.9 Å². The smallest absolute Gasteiger partial charge is 0.314 e. The van der Waals surface area contributed by atoms with E-state index in [0.29, 0.717) is 12.0 Å². The lowest BCUT2D eigenvalue weighted by molar-refractivity contribution is -0.137. The van der Waals surface area contributed by atoms with Gasteiger partial charge in [-0.3, -0.25) is 0 Å². The number of hydrogen-bond donors (Lipinski definition) is 1. The summed E-state index contributed by atoms with van der Waals surface area (Å²) in [6.07, 6.45) is -2.46. The number of alkyl halides is 3. The minimum absolute atomic E-state index is 0.321. The van der Waals surface area contributed by atoms with Gasteiger partial charge in [-0.15, -0.1) is 0 Å². The SMILES string of the molecule is CCNC(Cc1ccc(C(F)(F)F)cc1)CC(C)C. The van der Waals surface area contributed by atoms with E-state index < -0.39 is 11.7 Å². The van der Waals surface area contributed by atoms with E-state index in [2.05, 4.69) is 19.2 Å². The summed E-state index contributed by atoms with van der Waals surface area (Å²) in [6.45, 7) is 7.21. The summed E-state index contributed by atoms with van der Waals surface area (Å²) in [5.41, 5.74) is 0.361. The van der Waals surface area contributed by atoms with Gasteiger partial charge < -0.3 is 5.32 Å². The molecular formula is C15H22F3N. The fourth-order valence-electron chi connectivity index (χ4n) is 2.21. The van der Waals surface area contributed by atoms with E-state index in [1.807, 2.05) is 6.92 Å². The number of halogens is 3. The van der Waals surface area contributed by atoms with Gasteiger partial charge in [-0.25, -0.2) is 0 Å². The number of nitrogens with one attached hydrogen (secondary N) is 1. The molecule has 1 aromatic carbocycles. The third-order valence-electron chi connectivity index (χ3n) is 3.01. The first-order chi connectivity index (χ1) is 8.82. The van der Waals surface area contributed by atoms with Crippen molar-refractivity contribution in [1.29, 1.82) is 0 Å². The summed E-state index contributed by atoms with van der Waals surface area (Å²) < 4.78 is 37.4. The van der Waals surface area contributed by atoms with E-state index >= 15 is 0 Å². The maximum atomic E-state index is 12.5. The first kappa shape index (κ1) is 16.0. The first-order valence-corrected chi connectivity index (χ1v) is 6.72.